The molecule has 10 heteroatoms. The molecule has 3 aromatic carbocycles. The van der Waals surface area contributed by atoms with Crippen LogP contribution in [0.1, 0.15) is 5.56 Å². The third-order valence-corrected chi connectivity index (χ3v) is 7.33. The summed E-state index contributed by atoms with van der Waals surface area (Å²) in [5.74, 6) is -3.05. The number of fused-ring (bicyclic) bond motifs is 5. The maximum Gasteiger partial charge on any atom is 0.269 e. The first-order chi connectivity index (χ1) is 17.8. The molecule has 0 radical (unpaired) electrons. The Morgan fingerprint density at radius 3 is 2.41 bits per heavy atom. The molecular weight excluding hydrogens is 496 g/mol. The van der Waals surface area contributed by atoms with Gasteiger partial charge >= 0.3 is 0 Å². The molecular formula is C27H19ClN4O5. The fourth-order valence-electron chi connectivity index (χ4n) is 5.57. The predicted octanol–water partition coefficient (Wildman–Crippen LogP) is 4.28. The number of para-hydroxylation sites is 1. The van der Waals surface area contributed by atoms with Gasteiger partial charge in [-0.15, -0.1) is 0 Å². The molecule has 184 valence electrons. The quantitative estimate of drug-likeness (QED) is 0.316. The Balaban J connectivity index is 1.41. The Morgan fingerprint density at radius 2 is 1.68 bits per heavy atom. The average Bonchev–Trinajstić information content (AvgIpc) is 3.37. The van der Waals surface area contributed by atoms with E-state index in [4.69, 9.17) is 11.6 Å². The highest BCUT2D eigenvalue weighted by molar-refractivity contribution is 6.31. The monoisotopic (exact) mass is 514 g/mol. The maximum atomic E-state index is 13.8. The summed E-state index contributed by atoms with van der Waals surface area (Å²) in [6.07, 6.45) is 3.77. The van der Waals surface area contributed by atoms with E-state index in [0.29, 0.717) is 16.4 Å². The van der Waals surface area contributed by atoms with Crippen molar-refractivity contribution in [2.75, 3.05) is 15.1 Å². The van der Waals surface area contributed by atoms with E-state index >= 15 is 0 Å². The number of amides is 3. The molecule has 3 amide bonds. The average molecular weight is 515 g/mol. The summed E-state index contributed by atoms with van der Waals surface area (Å²) in [6.45, 7) is 0. The van der Waals surface area contributed by atoms with E-state index in [1.165, 1.54) is 24.3 Å². The lowest BCUT2D eigenvalue weighted by atomic mass is 9.88. The summed E-state index contributed by atoms with van der Waals surface area (Å²) < 4.78 is 0. The van der Waals surface area contributed by atoms with Gasteiger partial charge in [0.05, 0.1) is 28.5 Å². The molecule has 0 spiro atoms. The summed E-state index contributed by atoms with van der Waals surface area (Å²) in [6, 6.07) is 17.9. The normalized spacial score (nSPS) is 23.5. The van der Waals surface area contributed by atoms with Gasteiger partial charge in [0.25, 0.3) is 5.69 Å². The van der Waals surface area contributed by atoms with Crippen LogP contribution in [-0.4, -0.2) is 34.7 Å². The standard InChI is InChI=1S/C27H19ClN4O5/c28-16-5-3-6-19(14-16)30-26(34)22-21-13-8-15-4-1-2-7-20(15)31(21)24(23(22)27(30)35)25(33)29-17-9-11-18(12-10-17)32(36)37/h1-14,21-24H,(H,29,33)/t21-,22-,23+,24-/m0/s1. The lowest BCUT2D eigenvalue weighted by Gasteiger charge is -2.36. The number of anilines is 3. The van der Waals surface area contributed by atoms with Crippen LogP contribution in [0.15, 0.2) is 78.9 Å². The van der Waals surface area contributed by atoms with Crippen molar-refractivity contribution in [3.05, 3.63) is 99.6 Å². The first-order valence-electron chi connectivity index (χ1n) is 11.6. The number of imide groups is 1. The second-order valence-electron chi connectivity index (χ2n) is 9.10. The van der Waals surface area contributed by atoms with E-state index < -0.39 is 40.7 Å². The van der Waals surface area contributed by atoms with Crippen LogP contribution in [0.25, 0.3) is 6.08 Å². The van der Waals surface area contributed by atoms with Crippen LogP contribution in [0, 0.1) is 22.0 Å². The van der Waals surface area contributed by atoms with E-state index in [2.05, 4.69) is 5.32 Å². The van der Waals surface area contributed by atoms with Gasteiger partial charge in [0, 0.05) is 28.5 Å². The SMILES string of the molecule is O=C(Nc1ccc([N+](=O)[O-])cc1)[C@@H]1[C@@H]2C(=O)N(c3cccc(Cl)c3)C(=O)[C@H]2[C@@H]2C=Cc3ccccc3N12. The molecule has 3 aliphatic heterocycles. The van der Waals surface area contributed by atoms with Gasteiger partial charge in [0.1, 0.15) is 6.04 Å². The minimum absolute atomic E-state index is 0.109. The van der Waals surface area contributed by atoms with Crippen LogP contribution in [0.4, 0.5) is 22.7 Å². The number of non-ortho nitro benzene ring substituents is 1. The van der Waals surface area contributed by atoms with Gasteiger partial charge < -0.3 is 10.2 Å². The van der Waals surface area contributed by atoms with E-state index in [1.54, 1.807) is 24.3 Å². The molecule has 3 aliphatic rings. The van der Waals surface area contributed by atoms with E-state index in [9.17, 15) is 24.5 Å². The largest absolute Gasteiger partial charge is 0.351 e. The number of hydrogen-bond donors (Lipinski definition) is 1. The summed E-state index contributed by atoms with van der Waals surface area (Å²) in [5.41, 5.74) is 2.22. The number of halogens is 1. The molecule has 0 aromatic heterocycles. The second kappa shape index (κ2) is 8.56. The summed E-state index contributed by atoms with van der Waals surface area (Å²) in [5, 5.41) is 14.2. The highest BCUT2D eigenvalue weighted by atomic mass is 35.5. The minimum atomic E-state index is -0.989. The van der Waals surface area contributed by atoms with Crippen molar-refractivity contribution in [2.45, 2.75) is 12.1 Å². The molecule has 4 atom stereocenters. The molecule has 0 aliphatic carbocycles. The summed E-state index contributed by atoms with van der Waals surface area (Å²) >= 11 is 6.13. The lowest BCUT2D eigenvalue weighted by Crippen LogP contribution is -2.50. The highest BCUT2D eigenvalue weighted by Gasteiger charge is 2.64. The van der Waals surface area contributed by atoms with Crippen molar-refractivity contribution in [1.82, 2.24) is 0 Å². The van der Waals surface area contributed by atoms with Gasteiger partial charge in [0.2, 0.25) is 17.7 Å². The first-order valence-corrected chi connectivity index (χ1v) is 12.0. The maximum absolute atomic E-state index is 13.8. The fourth-order valence-corrected chi connectivity index (χ4v) is 5.75. The molecule has 3 heterocycles. The fraction of sp³-hybridized carbons (Fsp3) is 0.148. The van der Waals surface area contributed by atoms with Crippen LogP contribution in [0.2, 0.25) is 5.02 Å². The van der Waals surface area contributed by atoms with Crippen molar-refractivity contribution >= 4 is 58.1 Å². The second-order valence-corrected chi connectivity index (χ2v) is 9.53. The van der Waals surface area contributed by atoms with Crippen molar-refractivity contribution in [1.29, 1.82) is 0 Å². The number of hydrogen-bond acceptors (Lipinski definition) is 6. The van der Waals surface area contributed by atoms with Gasteiger partial charge in [-0.05, 0) is 42.0 Å². The van der Waals surface area contributed by atoms with E-state index in [0.717, 1.165) is 16.2 Å². The van der Waals surface area contributed by atoms with Crippen molar-refractivity contribution < 1.29 is 19.3 Å². The topological polar surface area (TPSA) is 113 Å². The Hall–Kier alpha value is -4.50. The van der Waals surface area contributed by atoms with Crippen LogP contribution >= 0.6 is 11.6 Å². The van der Waals surface area contributed by atoms with Gasteiger partial charge in [-0.2, -0.15) is 0 Å². The third kappa shape index (κ3) is 3.58. The molecule has 2 saturated heterocycles. The highest BCUT2D eigenvalue weighted by Crippen LogP contribution is 2.49. The molecule has 37 heavy (non-hydrogen) atoms. The molecule has 0 bridgehead atoms. The predicted molar refractivity (Wildman–Crippen MR) is 138 cm³/mol. The Morgan fingerprint density at radius 1 is 0.946 bits per heavy atom. The number of carbonyl (C=O) groups is 3. The number of nitrogens with zero attached hydrogens (tertiary/aromatic N) is 3. The number of nitrogens with one attached hydrogen (secondary N) is 1. The van der Waals surface area contributed by atoms with Crippen LogP contribution in [-0.2, 0) is 14.4 Å². The smallest absolute Gasteiger partial charge is 0.269 e. The van der Waals surface area contributed by atoms with Crippen LogP contribution in [0.3, 0.4) is 0 Å². The van der Waals surface area contributed by atoms with Crippen molar-refractivity contribution in [3.8, 4) is 0 Å². The van der Waals surface area contributed by atoms with Crippen molar-refractivity contribution in [2.24, 2.45) is 11.8 Å². The van der Waals surface area contributed by atoms with Gasteiger partial charge in [-0.25, -0.2) is 4.90 Å². The molecule has 9 nitrogen and oxygen atoms in total. The van der Waals surface area contributed by atoms with E-state index in [-0.39, 0.29) is 11.6 Å². The van der Waals surface area contributed by atoms with E-state index in [1.807, 2.05) is 41.3 Å². The van der Waals surface area contributed by atoms with Crippen molar-refractivity contribution in [3.63, 3.8) is 0 Å². The Kier molecular flexibility index (Phi) is 5.31. The number of nitro benzene ring substituents is 1. The van der Waals surface area contributed by atoms with Gasteiger partial charge in [0.15, 0.2) is 0 Å². The molecule has 0 saturated carbocycles. The van der Waals surface area contributed by atoms with Gasteiger partial charge in [-0.3, -0.25) is 24.5 Å². The van der Waals surface area contributed by atoms with Gasteiger partial charge in [-0.1, -0.05) is 48.0 Å². The third-order valence-electron chi connectivity index (χ3n) is 7.10. The minimum Gasteiger partial charge on any atom is -0.351 e. The molecule has 3 aromatic rings. The number of nitro groups is 1. The molecule has 1 N–H and O–H groups in total. The van der Waals surface area contributed by atoms with Crippen LogP contribution < -0.4 is 15.1 Å². The molecule has 6 rings (SSSR count). The molecule has 2 fully saturated rings. The Bertz CT molecular complexity index is 1500. The zero-order valence-corrected chi connectivity index (χ0v) is 19.9. The summed E-state index contributed by atoms with van der Waals surface area (Å²) in [7, 11) is 0. The number of benzene rings is 3. The molecule has 0 unspecified atom stereocenters. The zero-order valence-electron chi connectivity index (χ0n) is 19.2. The zero-order chi connectivity index (χ0) is 25.8. The first kappa shape index (κ1) is 22.9. The number of carbonyl (C=O) groups excluding carboxylic acids is 3. The van der Waals surface area contributed by atoms with Crippen LogP contribution in [0.5, 0.6) is 0 Å². The Labute approximate surface area is 216 Å². The summed E-state index contributed by atoms with van der Waals surface area (Å²) in [4.78, 5) is 54.7. The lowest BCUT2D eigenvalue weighted by molar-refractivity contribution is -0.384. The number of rotatable bonds is 4.